The zero-order chi connectivity index (χ0) is 33.0. The van der Waals surface area contributed by atoms with Crippen molar-refractivity contribution in [3.8, 4) is 0 Å². The van der Waals surface area contributed by atoms with Gasteiger partial charge in [-0.3, -0.25) is 4.79 Å². The fourth-order valence-electron chi connectivity index (χ4n) is 11.5. The molecule has 0 unspecified atom stereocenters. The van der Waals surface area contributed by atoms with Crippen LogP contribution in [-0.4, -0.2) is 12.1 Å². The van der Waals surface area contributed by atoms with Crippen LogP contribution in [0, 0.1) is 46.3 Å². The highest BCUT2D eigenvalue weighted by Crippen LogP contribution is 2.67. The highest BCUT2D eigenvalue weighted by Gasteiger charge is 2.59. The van der Waals surface area contributed by atoms with Crippen molar-refractivity contribution < 1.29 is 9.53 Å². The summed E-state index contributed by atoms with van der Waals surface area (Å²) in [5.74, 6) is 5.34. The minimum absolute atomic E-state index is 0.0646. The van der Waals surface area contributed by atoms with E-state index in [1.54, 1.807) is 5.57 Å². The van der Waals surface area contributed by atoms with E-state index in [4.69, 9.17) is 4.74 Å². The molecule has 4 rings (SSSR count). The smallest absolute Gasteiger partial charge is 0.306 e. The number of allylic oxidation sites excluding steroid dienone is 1. The summed E-state index contributed by atoms with van der Waals surface area (Å²) in [5, 5.41) is 0. The second-order valence-electron chi connectivity index (χ2n) is 18.0. The fourth-order valence-corrected chi connectivity index (χ4v) is 11.5. The summed E-state index contributed by atoms with van der Waals surface area (Å²) in [6, 6.07) is 0. The minimum Gasteiger partial charge on any atom is -0.462 e. The van der Waals surface area contributed by atoms with Gasteiger partial charge in [-0.15, -0.1) is 0 Å². The zero-order valence-electron chi connectivity index (χ0n) is 31.8. The van der Waals surface area contributed by atoms with Crippen LogP contribution in [0.2, 0.25) is 0 Å². The molecule has 2 heteroatoms. The first-order chi connectivity index (χ1) is 22.2. The number of carbonyl (C=O) groups is 1. The Balaban J connectivity index is 1.12. The van der Waals surface area contributed by atoms with E-state index in [1.165, 1.54) is 141 Å². The van der Waals surface area contributed by atoms with Gasteiger partial charge in [0.2, 0.25) is 0 Å². The van der Waals surface area contributed by atoms with Crippen LogP contribution >= 0.6 is 0 Å². The van der Waals surface area contributed by atoms with Gasteiger partial charge in [-0.2, -0.15) is 0 Å². The molecule has 0 saturated heterocycles. The molecule has 0 aromatic heterocycles. The van der Waals surface area contributed by atoms with Crippen LogP contribution in [0.15, 0.2) is 11.6 Å². The lowest BCUT2D eigenvalue weighted by Crippen LogP contribution is -2.51. The number of rotatable bonds is 21. The third-order valence-electron chi connectivity index (χ3n) is 14.3. The lowest BCUT2D eigenvalue weighted by atomic mass is 9.47. The molecule has 0 aromatic rings. The molecule has 46 heavy (non-hydrogen) atoms. The van der Waals surface area contributed by atoms with E-state index in [2.05, 4.69) is 47.6 Å². The van der Waals surface area contributed by atoms with Gasteiger partial charge >= 0.3 is 5.97 Å². The second kappa shape index (κ2) is 18.8. The van der Waals surface area contributed by atoms with Gasteiger partial charge in [0.15, 0.2) is 0 Å². The number of ether oxygens (including phenoxy) is 1. The van der Waals surface area contributed by atoms with Crippen LogP contribution in [0.4, 0.5) is 0 Å². The van der Waals surface area contributed by atoms with Crippen molar-refractivity contribution in [2.75, 3.05) is 0 Å². The Bertz CT molecular complexity index is 919. The molecule has 266 valence electrons. The van der Waals surface area contributed by atoms with E-state index in [0.717, 1.165) is 54.8 Å². The van der Waals surface area contributed by atoms with Crippen molar-refractivity contribution in [3.05, 3.63) is 11.6 Å². The standard InChI is InChI=1S/C44H78O2/c1-7-8-9-10-11-12-13-14-15-16-17-18-19-20-24-42(45)46-37-29-31-43(5)36(33-37)25-26-38-40-28-27-39(35(4)23-21-22-34(2)3)44(40,6)32-30-41(38)43/h25,34-35,37-41H,7-24,26-33H2,1-6H3/t35-,37-,38+,39-,40+,41+,43-,44+/m0/s1. The van der Waals surface area contributed by atoms with Crippen molar-refractivity contribution in [3.63, 3.8) is 0 Å². The molecule has 0 bridgehead atoms. The van der Waals surface area contributed by atoms with Gasteiger partial charge in [0.25, 0.3) is 0 Å². The van der Waals surface area contributed by atoms with Crippen LogP contribution in [0.25, 0.3) is 0 Å². The maximum Gasteiger partial charge on any atom is 0.306 e. The van der Waals surface area contributed by atoms with Gasteiger partial charge in [-0.25, -0.2) is 0 Å². The van der Waals surface area contributed by atoms with E-state index in [9.17, 15) is 4.79 Å². The summed E-state index contributed by atoms with van der Waals surface area (Å²) < 4.78 is 6.13. The molecule has 0 aliphatic heterocycles. The number of hydrogen-bond donors (Lipinski definition) is 0. The van der Waals surface area contributed by atoms with Crippen molar-refractivity contribution in [1.82, 2.24) is 0 Å². The summed E-state index contributed by atoms with van der Waals surface area (Å²) in [6.07, 6.45) is 36.9. The number of unbranched alkanes of at least 4 members (excludes halogenated alkanes) is 13. The average molecular weight is 639 g/mol. The highest BCUT2D eigenvalue weighted by atomic mass is 16.5. The van der Waals surface area contributed by atoms with E-state index >= 15 is 0 Å². The Morgan fingerprint density at radius 1 is 0.761 bits per heavy atom. The zero-order valence-corrected chi connectivity index (χ0v) is 31.8. The maximum atomic E-state index is 12.8. The number of carbonyl (C=O) groups excluding carboxylic acids is 1. The number of hydrogen-bond acceptors (Lipinski definition) is 2. The predicted octanol–water partition coefficient (Wildman–Crippen LogP) is 13.8. The van der Waals surface area contributed by atoms with E-state index in [-0.39, 0.29) is 12.1 Å². The third kappa shape index (κ3) is 10.1. The molecule has 4 aliphatic carbocycles. The molecule has 3 fully saturated rings. The lowest BCUT2D eigenvalue weighted by Gasteiger charge is -2.58. The first kappa shape index (κ1) is 38.0. The molecular formula is C44H78O2. The third-order valence-corrected chi connectivity index (χ3v) is 14.3. The topological polar surface area (TPSA) is 26.3 Å². The Labute approximate surface area is 287 Å². The molecule has 0 amide bonds. The summed E-state index contributed by atoms with van der Waals surface area (Å²) in [7, 11) is 0. The van der Waals surface area contributed by atoms with Gasteiger partial charge in [0.1, 0.15) is 6.10 Å². The van der Waals surface area contributed by atoms with Crippen LogP contribution in [0.1, 0.15) is 208 Å². The van der Waals surface area contributed by atoms with Gasteiger partial charge in [0, 0.05) is 12.8 Å². The monoisotopic (exact) mass is 639 g/mol. The Hall–Kier alpha value is -0.790. The number of fused-ring (bicyclic) bond motifs is 5. The number of esters is 1. The van der Waals surface area contributed by atoms with Crippen LogP contribution in [-0.2, 0) is 9.53 Å². The average Bonchev–Trinajstić information content (AvgIpc) is 3.38. The molecule has 0 spiro atoms. The molecule has 8 atom stereocenters. The summed E-state index contributed by atoms with van der Waals surface area (Å²) in [6.45, 7) is 15.0. The van der Waals surface area contributed by atoms with Crippen molar-refractivity contribution in [1.29, 1.82) is 0 Å². The van der Waals surface area contributed by atoms with E-state index < -0.39 is 0 Å². The lowest BCUT2D eigenvalue weighted by molar-refractivity contribution is -0.151. The molecule has 0 heterocycles. The second-order valence-corrected chi connectivity index (χ2v) is 18.0. The predicted molar refractivity (Wildman–Crippen MR) is 198 cm³/mol. The quantitative estimate of drug-likeness (QED) is 0.0710. The fraction of sp³-hybridized carbons (Fsp3) is 0.932. The summed E-state index contributed by atoms with van der Waals surface area (Å²) in [5.41, 5.74) is 2.54. The van der Waals surface area contributed by atoms with Crippen LogP contribution < -0.4 is 0 Å². The molecular weight excluding hydrogens is 560 g/mol. The van der Waals surface area contributed by atoms with Crippen molar-refractivity contribution in [2.45, 2.75) is 215 Å². The first-order valence-corrected chi connectivity index (χ1v) is 21.1. The largest absolute Gasteiger partial charge is 0.462 e. The normalized spacial score (nSPS) is 32.8. The minimum atomic E-state index is 0.0646. The Kier molecular flexibility index (Phi) is 15.6. The maximum absolute atomic E-state index is 12.8. The van der Waals surface area contributed by atoms with Crippen LogP contribution in [0.5, 0.6) is 0 Å². The van der Waals surface area contributed by atoms with E-state index in [0.29, 0.717) is 17.3 Å². The summed E-state index contributed by atoms with van der Waals surface area (Å²) in [4.78, 5) is 12.8. The summed E-state index contributed by atoms with van der Waals surface area (Å²) >= 11 is 0. The first-order valence-electron chi connectivity index (χ1n) is 21.1. The van der Waals surface area contributed by atoms with Crippen molar-refractivity contribution in [2.24, 2.45) is 46.3 Å². The Morgan fingerprint density at radius 3 is 2.02 bits per heavy atom. The SMILES string of the molecule is CCCCCCCCCCCCCCCCC(=O)O[C@H]1CC[C@@]2(C)C(=CC[C@@H]3[C@H]4CC[C@@H]([C@@H](C)CCCC(C)C)[C@@]4(C)CC[C@H]32)C1. The molecule has 0 radical (unpaired) electrons. The molecule has 0 N–H and O–H groups in total. The van der Waals surface area contributed by atoms with Crippen molar-refractivity contribution >= 4 is 5.97 Å². The molecule has 4 aliphatic rings. The van der Waals surface area contributed by atoms with Gasteiger partial charge in [0.05, 0.1) is 0 Å². The Morgan fingerprint density at radius 2 is 1.39 bits per heavy atom. The molecule has 3 saturated carbocycles. The van der Waals surface area contributed by atoms with Crippen LogP contribution in [0.3, 0.4) is 0 Å². The van der Waals surface area contributed by atoms with Gasteiger partial charge in [-0.05, 0) is 97.7 Å². The van der Waals surface area contributed by atoms with E-state index in [1.807, 2.05) is 0 Å². The van der Waals surface area contributed by atoms with Gasteiger partial charge in [-0.1, -0.05) is 156 Å². The highest BCUT2D eigenvalue weighted by molar-refractivity contribution is 5.69. The van der Waals surface area contributed by atoms with Gasteiger partial charge < -0.3 is 4.74 Å². The molecule has 0 aromatic carbocycles. The molecule has 2 nitrogen and oxygen atoms in total.